The molecule has 2 aromatic carbocycles. The second-order valence-electron chi connectivity index (χ2n) is 9.67. The van der Waals surface area contributed by atoms with Crippen LogP contribution in [0.25, 0.3) is 11.4 Å². The van der Waals surface area contributed by atoms with E-state index in [1.807, 2.05) is 48.5 Å². The largest absolute Gasteiger partial charge is 0.388 e. The third-order valence-electron chi connectivity index (χ3n) is 7.06. The van der Waals surface area contributed by atoms with Crippen LogP contribution in [0.2, 0.25) is 0 Å². The fraction of sp³-hybridized carbons (Fsp3) is 0.321. The van der Waals surface area contributed by atoms with Gasteiger partial charge in [-0.25, -0.2) is 0 Å². The maximum absolute atomic E-state index is 13.0. The summed E-state index contributed by atoms with van der Waals surface area (Å²) in [6.45, 7) is 0.423. The van der Waals surface area contributed by atoms with Crippen molar-refractivity contribution in [3.05, 3.63) is 95.3 Å². The van der Waals surface area contributed by atoms with Gasteiger partial charge in [-0.2, -0.15) is 5.21 Å². The van der Waals surface area contributed by atoms with Crippen LogP contribution in [0.3, 0.4) is 0 Å². The Morgan fingerprint density at radius 3 is 2.64 bits per heavy atom. The monoisotopic (exact) mass is 482 g/mol. The standard InChI is InChI=1S/C28H30N6O2/c1-34(18-21-15-25(17-29-16-21)27-30-32-33-31-27)28(36)23-10-7-19(8-11-23)13-20-9-12-24(14-20)26(35)22-5-3-2-4-6-22/h2-8,10-11,15-17,20,24,26,35H,9,12-14,18H2,1H3,(H,30,31,32,33)/t20-,24-,26+/m0/s1. The van der Waals surface area contributed by atoms with E-state index in [9.17, 15) is 9.90 Å². The molecular weight excluding hydrogens is 452 g/mol. The second kappa shape index (κ2) is 10.8. The summed E-state index contributed by atoms with van der Waals surface area (Å²) in [5.74, 6) is 1.28. The van der Waals surface area contributed by atoms with Crippen LogP contribution in [-0.4, -0.2) is 48.6 Å². The van der Waals surface area contributed by atoms with Crippen molar-refractivity contribution < 1.29 is 9.90 Å². The molecule has 2 heterocycles. The minimum Gasteiger partial charge on any atom is -0.388 e. The van der Waals surface area contributed by atoms with E-state index in [-0.39, 0.29) is 5.91 Å². The number of aliphatic hydroxyl groups is 1. The van der Waals surface area contributed by atoms with E-state index in [0.717, 1.165) is 42.4 Å². The summed E-state index contributed by atoms with van der Waals surface area (Å²) in [4.78, 5) is 18.9. The molecule has 8 heteroatoms. The van der Waals surface area contributed by atoms with Gasteiger partial charge >= 0.3 is 0 Å². The van der Waals surface area contributed by atoms with E-state index in [4.69, 9.17) is 0 Å². The van der Waals surface area contributed by atoms with Crippen LogP contribution in [0.4, 0.5) is 0 Å². The zero-order chi connectivity index (χ0) is 24.9. The minimum atomic E-state index is -0.394. The Hall–Kier alpha value is -3.91. The molecular formula is C28H30N6O2. The normalized spacial score (nSPS) is 18.2. The van der Waals surface area contributed by atoms with Crippen LogP contribution in [0.5, 0.6) is 0 Å². The molecule has 1 amide bonds. The van der Waals surface area contributed by atoms with Gasteiger partial charge in [-0.15, -0.1) is 10.2 Å². The van der Waals surface area contributed by atoms with Crippen LogP contribution < -0.4 is 0 Å². The summed E-state index contributed by atoms with van der Waals surface area (Å²) >= 11 is 0. The number of aliphatic hydroxyl groups excluding tert-OH is 1. The van der Waals surface area contributed by atoms with Gasteiger partial charge in [0.15, 0.2) is 0 Å². The topological polar surface area (TPSA) is 108 Å². The second-order valence-corrected chi connectivity index (χ2v) is 9.67. The fourth-order valence-electron chi connectivity index (χ4n) is 5.17. The molecule has 0 saturated heterocycles. The first kappa shape index (κ1) is 23.8. The predicted octanol–water partition coefficient (Wildman–Crippen LogP) is 4.23. The zero-order valence-corrected chi connectivity index (χ0v) is 20.3. The van der Waals surface area contributed by atoms with Crippen molar-refractivity contribution in [3.8, 4) is 11.4 Å². The van der Waals surface area contributed by atoms with Crippen molar-refractivity contribution in [1.82, 2.24) is 30.5 Å². The Balaban J connectivity index is 1.16. The van der Waals surface area contributed by atoms with Gasteiger partial charge in [-0.1, -0.05) is 42.5 Å². The summed E-state index contributed by atoms with van der Waals surface area (Å²) < 4.78 is 0. The number of aromatic amines is 1. The van der Waals surface area contributed by atoms with Gasteiger partial charge in [-0.05, 0) is 77.6 Å². The van der Waals surface area contributed by atoms with Crippen molar-refractivity contribution in [2.24, 2.45) is 11.8 Å². The first-order valence-corrected chi connectivity index (χ1v) is 12.3. The molecule has 0 bridgehead atoms. The van der Waals surface area contributed by atoms with E-state index in [2.05, 4.69) is 37.7 Å². The molecule has 1 saturated carbocycles. The van der Waals surface area contributed by atoms with Gasteiger partial charge in [-0.3, -0.25) is 9.78 Å². The number of carbonyl (C=O) groups is 1. The van der Waals surface area contributed by atoms with Gasteiger partial charge in [0, 0.05) is 37.1 Å². The molecule has 1 aliphatic rings. The summed E-state index contributed by atoms with van der Waals surface area (Å²) in [5.41, 5.74) is 4.53. The Bertz CT molecular complexity index is 1280. The highest BCUT2D eigenvalue weighted by Gasteiger charge is 2.30. The summed E-state index contributed by atoms with van der Waals surface area (Å²) in [5, 5.41) is 24.7. The average molecular weight is 483 g/mol. The summed E-state index contributed by atoms with van der Waals surface area (Å²) in [6, 6.07) is 19.8. The highest BCUT2D eigenvalue weighted by atomic mass is 16.3. The summed E-state index contributed by atoms with van der Waals surface area (Å²) in [7, 11) is 1.79. The Morgan fingerprint density at radius 2 is 1.89 bits per heavy atom. The van der Waals surface area contributed by atoms with Crippen molar-refractivity contribution in [2.75, 3.05) is 7.05 Å². The lowest BCUT2D eigenvalue weighted by molar-refractivity contribution is 0.0785. The SMILES string of the molecule is CN(Cc1cncc(-c2nn[nH]n2)c1)C(=O)c1ccc(C[C@@H]2CC[C@H]([C@H](O)c3ccccc3)C2)cc1. The number of nitrogens with one attached hydrogen (secondary N) is 1. The lowest BCUT2D eigenvalue weighted by Gasteiger charge is -2.19. The van der Waals surface area contributed by atoms with E-state index in [1.165, 1.54) is 5.56 Å². The van der Waals surface area contributed by atoms with Crippen molar-refractivity contribution >= 4 is 5.91 Å². The summed E-state index contributed by atoms with van der Waals surface area (Å²) in [6.07, 6.45) is 7.17. The maximum atomic E-state index is 13.0. The van der Waals surface area contributed by atoms with Crippen molar-refractivity contribution in [3.63, 3.8) is 0 Å². The maximum Gasteiger partial charge on any atom is 0.253 e. The Labute approximate surface area is 210 Å². The predicted molar refractivity (Wildman–Crippen MR) is 136 cm³/mol. The number of H-pyrrole nitrogens is 1. The number of pyridine rings is 1. The molecule has 2 aromatic heterocycles. The van der Waals surface area contributed by atoms with Gasteiger partial charge < -0.3 is 10.0 Å². The Morgan fingerprint density at radius 1 is 1.08 bits per heavy atom. The van der Waals surface area contributed by atoms with Crippen LogP contribution in [0.15, 0.2) is 73.1 Å². The zero-order valence-electron chi connectivity index (χ0n) is 20.3. The molecule has 3 atom stereocenters. The molecule has 36 heavy (non-hydrogen) atoms. The van der Waals surface area contributed by atoms with Crippen LogP contribution in [0.1, 0.15) is 52.4 Å². The first-order valence-electron chi connectivity index (χ1n) is 12.3. The fourth-order valence-corrected chi connectivity index (χ4v) is 5.17. The van der Waals surface area contributed by atoms with Gasteiger partial charge in [0.1, 0.15) is 0 Å². The molecule has 2 N–H and O–H groups in total. The van der Waals surface area contributed by atoms with Gasteiger partial charge in [0.05, 0.1) is 6.10 Å². The minimum absolute atomic E-state index is 0.0431. The molecule has 1 fully saturated rings. The Kier molecular flexibility index (Phi) is 7.13. The molecule has 8 nitrogen and oxygen atoms in total. The van der Waals surface area contributed by atoms with Crippen LogP contribution in [0, 0.1) is 11.8 Å². The number of rotatable bonds is 8. The first-order chi connectivity index (χ1) is 17.6. The number of tetrazole rings is 1. The molecule has 184 valence electrons. The van der Waals surface area contributed by atoms with Crippen molar-refractivity contribution in [2.45, 2.75) is 38.3 Å². The van der Waals surface area contributed by atoms with E-state index < -0.39 is 6.10 Å². The third kappa shape index (κ3) is 5.49. The third-order valence-corrected chi connectivity index (χ3v) is 7.06. The van der Waals surface area contributed by atoms with E-state index >= 15 is 0 Å². The number of aromatic nitrogens is 5. The van der Waals surface area contributed by atoms with Crippen LogP contribution in [-0.2, 0) is 13.0 Å². The van der Waals surface area contributed by atoms with Crippen LogP contribution >= 0.6 is 0 Å². The van der Waals surface area contributed by atoms with Gasteiger partial charge in [0.25, 0.3) is 5.91 Å². The number of benzene rings is 2. The number of hydrogen-bond donors (Lipinski definition) is 2. The number of hydrogen-bond acceptors (Lipinski definition) is 6. The van der Waals surface area contributed by atoms with E-state index in [0.29, 0.717) is 29.8 Å². The smallest absolute Gasteiger partial charge is 0.253 e. The molecule has 0 unspecified atom stereocenters. The number of carbonyl (C=O) groups excluding carboxylic acids is 1. The van der Waals surface area contributed by atoms with Gasteiger partial charge in [0.2, 0.25) is 5.82 Å². The average Bonchev–Trinajstić information content (AvgIpc) is 3.62. The highest BCUT2D eigenvalue weighted by molar-refractivity contribution is 5.94. The molecule has 0 radical (unpaired) electrons. The molecule has 0 spiro atoms. The molecule has 0 aliphatic heterocycles. The molecule has 1 aliphatic carbocycles. The lowest BCUT2D eigenvalue weighted by Crippen LogP contribution is -2.26. The number of amides is 1. The highest BCUT2D eigenvalue weighted by Crippen LogP contribution is 2.40. The van der Waals surface area contributed by atoms with Crippen molar-refractivity contribution in [1.29, 1.82) is 0 Å². The quantitative estimate of drug-likeness (QED) is 0.389. The van der Waals surface area contributed by atoms with E-state index in [1.54, 1.807) is 24.3 Å². The number of nitrogens with zero attached hydrogens (tertiary/aromatic N) is 5. The molecule has 4 aromatic rings. The molecule has 5 rings (SSSR count). The lowest BCUT2D eigenvalue weighted by atomic mass is 9.91.